The number of aromatic nitrogens is 2. The largest absolute Gasteiger partial charge is 0.337 e. The van der Waals surface area contributed by atoms with Gasteiger partial charge < -0.3 is 9.84 Å². The van der Waals surface area contributed by atoms with Gasteiger partial charge in [-0.15, -0.1) is 12.4 Å². The molecule has 0 radical (unpaired) electrons. The number of hydrogen-bond acceptors (Lipinski definition) is 4. The Hall–Kier alpha value is -1.53. The Morgan fingerprint density at radius 3 is 2.70 bits per heavy atom. The molecule has 0 bridgehead atoms. The van der Waals surface area contributed by atoms with E-state index in [1.807, 2.05) is 6.92 Å². The van der Waals surface area contributed by atoms with E-state index >= 15 is 0 Å². The Bertz CT molecular complexity index is 562. The standard InChI is InChI=1S/C13H15F2N3O.ClH/c1-3-6-16-8(2)13-17-12(18-19-13)9-4-5-10(14)11(15)7-9;/h4-5,7-8,16H,3,6H2,1-2H3;1H. The third kappa shape index (κ3) is 3.74. The van der Waals surface area contributed by atoms with Crippen LogP contribution in [0, 0.1) is 11.6 Å². The van der Waals surface area contributed by atoms with Crippen LogP contribution in [0.1, 0.15) is 32.2 Å². The Labute approximate surface area is 122 Å². The van der Waals surface area contributed by atoms with E-state index in [0.717, 1.165) is 25.1 Å². The molecule has 2 rings (SSSR count). The molecular formula is C13H16ClF2N3O. The molecule has 0 fully saturated rings. The Kier molecular flexibility index (Phi) is 6.04. The molecule has 4 nitrogen and oxygen atoms in total. The fourth-order valence-corrected chi connectivity index (χ4v) is 1.61. The molecule has 1 atom stereocenters. The smallest absolute Gasteiger partial charge is 0.243 e. The second-order valence-electron chi connectivity index (χ2n) is 4.26. The lowest BCUT2D eigenvalue weighted by Gasteiger charge is -2.06. The highest BCUT2D eigenvalue weighted by Crippen LogP contribution is 2.20. The van der Waals surface area contributed by atoms with Gasteiger partial charge in [0.05, 0.1) is 6.04 Å². The zero-order valence-electron chi connectivity index (χ0n) is 11.2. The molecule has 1 heterocycles. The zero-order chi connectivity index (χ0) is 13.8. The molecule has 1 unspecified atom stereocenters. The van der Waals surface area contributed by atoms with Crippen molar-refractivity contribution in [1.29, 1.82) is 0 Å². The van der Waals surface area contributed by atoms with Gasteiger partial charge in [-0.25, -0.2) is 8.78 Å². The highest BCUT2D eigenvalue weighted by Gasteiger charge is 2.15. The Balaban J connectivity index is 0.00000200. The summed E-state index contributed by atoms with van der Waals surface area (Å²) >= 11 is 0. The molecule has 0 aliphatic heterocycles. The fraction of sp³-hybridized carbons (Fsp3) is 0.385. The van der Waals surface area contributed by atoms with Crippen LogP contribution < -0.4 is 5.32 Å². The molecule has 20 heavy (non-hydrogen) atoms. The van der Waals surface area contributed by atoms with Crippen LogP contribution in [0.4, 0.5) is 8.78 Å². The monoisotopic (exact) mass is 303 g/mol. The number of nitrogens with zero attached hydrogens (tertiary/aromatic N) is 2. The van der Waals surface area contributed by atoms with E-state index in [-0.39, 0.29) is 24.3 Å². The third-order valence-corrected chi connectivity index (χ3v) is 2.69. The van der Waals surface area contributed by atoms with Gasteiger partial charge in [-0.3, -0.25) is 0 Å². The lowest BCUT2D eigenvalue weighted by molar-refractivity contribution is 0.340. The normalized spacial score (nSPS) is 12.0. The molecular weight excluding hydrogens is 288 g/mol. The van der Waals surface area contributed by atoms with Crippen LogP contribution in [-0.2, 0) is 0 Å². The van der Waals surface area contributed by atoms with Gasteiger partial charge in [0.15, 0.2) is 11.6 Å². The van der Waals surface area contributed by atoms with Crippen LogP contribution in [0.25, 0.3) is 11.4 Å². The SMILES string of the molecule is CCCNC(C)c1nc(-c2ccc(F)c(F)c2)no1.Cl. The molecule has 0 saturated heterocycles. The highest BCUT2D eigenvalue weighted by atomic mass is 35.5. The summed E-state index contributed by atoms with van der Waals surface area (Å²) in [6.07, 6.45) is 0.995. The first-order chi connectivity index (χ1) is 9.11. The topological polar surface area (TPSA) is 51.0 Å². The molecule has 7 heteroatoms. The van der Waals surface area contributed by atoms with Gasteiger partial charge in [0.1, 0.15) is 0 Å². The summed E-state index contributed by atoms with van der Waals surface area (Å²) in [6.45, 7) is 4.79. The van der Waals surface area contributed by atoms with Crippen LogP contribution in [0.3, 0.4) is 0 Å². The molecule has 110 valence electrons. The molecule has 0 aliphatic rings. The van der Waals surface area contributed by atoms with Crippen LogP contribution in [0.15, 0.2) is 22.7 Å². The van der Waals surface area contributed by atoms with E-state index < -0.39 is 11.6 Å². The zero-order valence-corrected chi connectivity index (χ0v) is 12.0. The molecule has 0 amide bonds. The minimum absolute atomic E-state index is 0. The lowest BCUT2D eigenvalue weighted by atomic mass is 10.2. The minimum Gasteiger partial charge on any atom is -0.337 e. The maximum Gasteiger partial charge on any atom is 0.243 e. The van der Waals surface area contributed by atoms with Crippen LogP contribution in [0.2, 0.25) is 0 Å². The van der Waals surface area contributed by atoms with Gasteiger partial charge in [0.25, 0.3) is 0 Å². The van der Waals surface area contributed by atoms with E-state index in [1.165, 1.54) is 6.07 Å². The molecule has 1 aromatic heterocycles. The van der Waals surface area contributed by atoms with Crippen molar-refractivity contribution in [2.24, 2.45) is 0 Å². The third-order valence-electron chi connectivity index (χ3n) is 2.69. The van der Waals surface area contributed by atoms with E-state index in [1.54, 1.807) is 0 Å². The van der Waals surface area contributed by atoms with Crippen molar-refractivity contribution in [3.05, 3.63) is 35.7 Å². The molecule has 0 spiro atoms. The van der Waals surface area contributed by atoms with E-state index in [0.29, 0.717) is 11.5 Å². The number of rotatable bonds is 5. The van der Waals surface area contributed by atoms with E-state index in [4.69, 9.17) is 4.52 Å². The predicted octanol–water partition coefficient (Wildman–Crippen LogP) is 3.50. The first-order valence-corrected chi connectivity index (χ1v) is 6.14. The second-order valence-corrected chi connectivity index (χ2v) is 4.26. The number of benzene rings is 1. The van der Waals surface area contributed by atoms with Gasteiger partial charge in [0.2, 0.25) is 11.7 Å². The van der Waals surface area contributed by atoms with Crippen LogP contribution >= 0.6 is 12.4 Å². The summed E-state index contributed by atoms with van der Waals surface area (Å²) in [4.78, 5) is 4.17. The van der Waals surface area contributed by atoms with Crippen molar-refractivity contribution in [3.8, 4) is 11.4 Å². The average Bonchev–Trinajstić information content (AvgIpc) is 2.89. The van der Waals surface area contributed by atoms with E-state index in [2.05, 4.69) is 22.4 Å². The Morgan fingerprint density at radius 2 is 2.05 bits per heavy atom. The maximum absolute atomic E-state index is 13.1. The van der Waals surface area contributed by atoms with Crippen LogP contribution in [-0.4, -0.2) is 16.7 Å². The predicted molar refractivity (Wildman–Crippen MR) is 73.6 cm³/mol. The van der Waals surface area contributed by atoms with Crippen molar-refractivity contribution >= 4 is 12.4 Å². The average molecular weight is 304 g/mol. The van der Waals surface area contributed by atoms with Gasteiger partial charge in [-0.2, -0.15) is 4.98 Å². The minimum atomic E-state index is -0.930. The van der Waals surface area contributed by atoms with Crippen molar-refractivity contribution in [1.82, 2.24) is 15.5 Å². The first kappa shape index (κ1) is 16.5. The quantitative estimate of drug-likeness (QED) is 0.918. The summed E-state index contributed by atoms with van der Waals surface area (Å²) in [5.74, 6) is -1.15. The summed E-state index contributed by atoms with van der Waals surface area (Å²) in [5, 5.41) is 6.97. The Morgan fingerprint density at radius 1 is 1.30 bits per heavy atom. The summed E-state index contributed by atoms with van der Waals surface area (Å²) < 4.78 is 31.1. The fourth-order valence-electron chi connectivity index (χ4n) is 1.61. The maximum atomic E-state index is 13.1. The number of nitrogens with one attached hydrogen (secondary N) is 1. The van der Waals surface area contributed by atoms with Gasteiger partial charge in [-0.05, 0) is 38.1 Å². The van der Waals surface area contributed by atoms with Crippen molar-refractivity contribution in [3.63, 3.8) is 0 Å². The molecule has 0 aliphatic carbocycles. The highest BCUT2D eigenvalue weighted by molar-refractivity contribution is 5.85. The summed E-state index contributed by atoms with van der Waals surface area (Å²) in [5.41, 5.74) is 0.386. The van der Waals surface area contributed by atoms with Crippen molar-refractivity contribution < 1.29 is 13.3 Å². The van der Waals surface area contributed by atoms with Crippen molar-refractivity contribution in [2.45, 2.75) is 26.3 Å². The summed E-state index contributed by atoms with van der Waals surface area (Å²) in [7, 11) is 0. The molecule has 1 aromatic carbocycles. The number of halogens is 3. The van der Waals surface area contributed by atoms with Gasteiger partial charge >= 0.3 is 0 Å². The lowest BCUT2D eigenvalue weighted by Crippen LogP contribution is -2.19. The molecule has 2 aromatic rings. The van der Waals surface area contributed by atoms with Crippen LogP contribution in [0.5, 0.6) is 0 Å². The first-order valence-electron chi connectivity index (χ1n) is 6.14. The molecule has 1 N–H and O–H groups in total. The summed E-state index contributed by atoms with van der Waals surface area (Å²) in [6, 6.07) is 3.43. The second kappa shape index (κ2) is 7.31. The van der Waals surface area contributed by atoms with Gasteiger partial charge in [-0.1, -0.05) is 12.1 Å². The molecule has 0 saturated carbocycles. The van der Waals surface area contributed by atoms with Crippen molar-refractivity contribution in [2.75, 3.05) is 6.54 Å². The number of hydrogen-bond donors (Lipinski definition) is 1. The van der Waals surface area contributed by atoms with E-state index in [9.17, 15) is 8.78 Å². The van der Waals surface area contributed by atoms with Gasteiger partial charge in [0, 0.05) is 5.56 Å².